The molecule has 1 heterocycles. The number of carbonyl (C=O) groups excluding carboxylic acids is 1. The third kappa shape index (κ3) is 1.06. The number of rotatable bonds is 0. The maximum Gasteiger partial charge on any atom is 0.266 e. The molecular formula is C10H4N2OS. The summed E-state index contributed by atoms with van der Waals surface area (Å²) in [5, 5.41) is 12.3. The van der Waals surface area contributed by atoms with Gasteiger partial charge in [-0.3, -0.25) is 4.79 Å². The Morgan fingerprint density at radius 2 is 2.29 bits per heavy atom. The Labute approximate surface area is 84.7 Å². The zero-order valence-corrected chi connectivity index (χ0v) is 7.89. The third-order valence-corrected chi connectivity index (χ3v) is 2.87. The molecule has 0 bridgehead atoms. The number of fused-ring (bicyclic) bond motifs is 1. The molecule has 0 saturated heterocycles. The second-order valence-electron chi connectivity index (χ2n) is 2.85. The highest BCUT2D eigenvalue weighted by Crippen LogP contribution is 2.36. The van der Waals surface area contributed by atoms with Gasteiger partial charge in [-0.2, -0.15) is 11.3 Å². The summed E-state index contributed by atoms with van der Waals surface area (Å²) in [7, 11) is 0. The van der Waals surface area contributed by atoms with Crippen LogP contribution in [0.3, 0.4) is 0 Å². The fraction of sp³-hybridized carbons (Fsp3) is 0.100. The van der Waals surface area contributed by atoms with Crippen molar-refractivity contribution in [1.29, 1.82) is 5.26 Å². The van der Waals surface area contributed by atoms with Crippen molar-refractivity contribution < 1.29 is 4.79 Å². The maximum absolute atomic E-state index is 11.4. The molecule has 0 unspecified atom stereocenters. The highest BCUT2D eigenvalue weighted by molar-refractivity contribution is 7.08. The molecule has 0 aromatic carbocycles. The van der Waals surface area contributed by atoms with Gasteiger partial charge >= 0.3 is 0 Å². The quantitative estimate of drug-likeness (QED) is 0.477. The molecule has 0 aliphatic heterocycles. The summed E-state index contributed by atoms with van der Waals surface area (Å²) in [4.78, 5) is 14.6. The lowest BCUT2D eigenvalue weighted by Gasteiger charge is -1.93. The zero-order valence-electron chi connectivity index (χ0n) is 7.07. The van der Waals surface area contributed by atoms with Gasteiger partial charge < -0.3 is 0 Å². The third-order valence-electron chi connectivity index (χ3n) is 2.13. The van der Waals surface area contributed by atoms with E-state index in [1.165, 1.54) is 11.3 Å². The number of hydrogen-bond acceptors (Lipinski definition) is 3. The van der Waals surface area contributed by atoms with E-state index in [4.69, 9.17) is 11.8 Å². The van der Waals surface area contributed by atoms with E-state index in [1.807, 2.05) is 11.4 Å². The van der Waals surface area contributed by atoms with E-state index in [9.17, 15) is 4.79 Å². The van der Waals surface area contributed by atoms with Crippen molar-refractivity contribution in [2.75, 3.05) is 0 Å². The fourth-order valence-electron chi connectivity index (χ4n) is 1.47. The Bertz CT molecular complexity index is 509. The molecule has 0 spiro atoms. The minimum Gasteiger partial charge on any atom is -0.294 e. The summed E-state index contributed by atoms with van der Waals surface area (Å²) in [6, 6.07) is 1.82. The van der Waals surface area contributed by atoms with Crippen molar-refractivity contribution in [2.45, 2.75) is 6.42 Å². The van der Waals surface area contributed by atoms with Crippen molar-refractivity contribution >= 4 is 22.7 Å². The van der Waals surface area contributed by atoms with E-state index in [-0.39, 0.29) is 17.9 Å². The first-order chi connectivity index (χ1) is 6.77. The highest BCUT2D eigenvalue weighted by Gasteiger charge is 2.27. The number of carbonyl (C=O) groups is 1. The Morgan fingerprint density at radius 3 is 2.93 bits per heavy atom. The average Bonchev–Trinajstić information content (AvgIpc) is 2.74. The molecule has 1 aromatic rings. The second kappa shape index (κ2) is 3.10. The smallest absolute Gasteiger partial charge is 0.266 e. The number of hydrogen-bond donors (Lipinski definition) is 0. The van der Waals surface area contributed by atoms with Gasteiger partial charge in [0.2, 0.25) is 0 Å². The summed E-state index contributed by atoms with van der Waals surface area (Å²) >= 11 is 1.42. The first-order valence-electron chi connectivity index (χ1n) is 3.88. The highest BCUT2D eigenvalue weighted by atomic mass is 32.1. The number of Topliss-reactive ketones (excluding diaryl/α,β-unsaturated/α-hetero) is 1. The van der Waals surface area contributed by atoms with Crippen LogP contribution in [-0.2, 0) is 0 Å². The van der Waals surface area contributed by atoms with Gasteiger partial charge in [0.05, 0.1) is 12.6 Å². The Kier molecular flexibility index (Phi) is 1.92. The summed E-state index contributed by atoms with van der Waals surface area (Å²) in [5.41, 5.74) is 2.05. The van der Waals surface area contributed by atoms with E-state index in [0.29, 0.717) is 11.1 Å². The molecule has 1 aliphatic rings. The van der Waals surface area contributed by atoms with Crippen LogP contribution < -0.4 is 0 Å². The van der Waals surface area contributed by atoms with Gasteiger partial charge in [-0.15, -0.1) is 0 Å². The lowest BCUT2D eigenvalue weighted by molar-refractivity contribution is 0.100. The topological polar surface area (TPSA) is 45.2 Å². The predicted molar refractivity (Wildman–Crippen MR) is 52.4 cm³/mol. The van der Waals surface area contributed by atoms with Gasteiger partial charge in [0.15, 0.2) is 5.78 Å². The largest absolute Gasteiger partial charge is 0.294 e. The molecule has 0 saturated carbocycles. The van der Waals surface area contributed by atoms with E-state index in [1.54, 1.807) is 5.38 Å². The molecule has 0 radical (unpaired) electrons. The summed E-state index contributed by atoms with van der Waals surface area (Å²) in [5.74, 6) is 0.00708. The van der Waals surface area contributed by atoms with Crippen molar-refractivity contribution in [1.82, 2.24) is 0 Å². The number of ketones is 1. The normalized spacial score (nSPS) is 17.1. The zero-order chi connectivity index (χ0) is 10.1. The number of nitriles is 1. The van der Waals surface area contributed by atoms with E-state index < -0.39 is 0 Å². The monoisotopic (exact) mass is 200 g/mol. The van der Waals surface area contributed by atoms with Gasteiger partial charge in [-0.25, -0.2) is 10.1 Å². The lowest BCUT2D eigenvalue weighted by atomic mass is 10.1. The number of allylic oxidation sites excluding steroid dienone is 2. The number of thiophene rings is 1. The Morgan fingerprint density at radius 1 is 1.57 bits per heavy atom. The standard InChI is InChI=1S/C10H4N2OS/c1-12-9(3-11)6-2-10(13)8-5-14-4-7(6)8/h4-5H,2H2/b9-6-. The molecule has 0 atom stereocenters. The fourth-order valence-corrected chi connectivity index (χ4v) is 2.34. The second-order valence-corrected chi connectivity index (χ2v) is 3.59. The first kappa shape index (κ1) is 8.68. The minimum absolute atomic E-state index is 0.00708. The van der Waals surface area contributed by atoms with Crippen LogP contribution in [0.1, 0.15) is 22.3 Å². The lowest BCUT2D eigenvalue weighted by Crippen LogP contribution is -1.87. The molecule has 4 heteroatoms. The summed E-state index contributed by atoms with van der Waals surface area (Å²) in [6.45, 7) is 6.82. The van der Waals surface area contributed by atoms with Crippen LogP contribution >= 0.6 is 11.3 Å². The van der Waals surface area contributed by atoms with Crippen LogP contribution in [0.15, 0.2) is 16.5 Å². The molecular weight excluding hydrogens is 196 g/mol. The Balaban J connectivity index is 2.68. The summed E-state index contributed by atoms with van der Waals surface area (Å²) in [6.07, 6.45) is 0.198. The van der Waals surface area contributed by atoms with Crippen LogP contribution in [0, 0.1) is 17.9 Å². The maximum atomic E-state index is 11.4. The van der Waals surface area contributed by atoms with Crippen LogP contribution in [-0.4, -0.2) is 5.78 Å². The first-order valence-corrected chi connectivity index (χ1v) is 4.82. The summed E-state index contributed by atoms with van der Waals surface area (Å²) < 4.78 is 0. The molecule has 1 aromatic heterocycles. The van der Waals surface area contributed by atoms with E-state index >= 15 is 0 Å². The van der Waals surface area contributed by atoms with Crippen molar-refractivity contribution in [2.24, 2.45) is 0 Å². The molecule has 0 N–H and O–H groups in total. The van der Waals surface area contributed by atoms with Gasteiger partial charge in [-0.1, -0.05) is 0 Å². The average molecular weight is 200 g/mol. The number of nitrogens with zero attached hydrogens (tertiary/aromatic N) is 2. The van der Waals surface area contributed by atoms with Crippen LogP contribution in [0.4, 0.5) is 0 Å². The van der Waals surface area contributed by atoms with Crippen molar-refractivity contribution in [3.63, 3.8) is 0 Å². The molecule has 2 rings (SSSR count). The van der Waals surface area contributed by atoms with Crippen LogP contribution in [0.2, 0.25) is 0 Å². The van der Waals surface area contributed by atoms with Gasteiger partial charge in [-0.05, 0) is 16.5 Å². The Hall–Kier alpha value is -1.91. The van der Waals surface area contributed by atoms with E-state index in [0.717, 1.165) is 5.56 Å². The van der Waals surface area contributed by atoms with E-state index in [2.05, 4.69) is 4.85 Å². The SMILES string of the molecule is [C-]#[N+]/C(C#N)=C1/CC(=O)c2cscc21. The predicted octanol–water partition coefficient (Wildman–Crippen LogP) is 2.49. The van der Waals surface area contributed by atoms with Gasteiger partial charge in [0.1, 0.15) is 0 Å². The van der Waals surface area contributed by atoms with Crippen LogP contribution in [0.5, 0.6) is 0 Å². The molecule has 0 fully saturated rings. The van der Waals surface area contributed by atoms with Crippen molar-refractivity contribution in [3.05, 3.63) is 39.0 Å². The minimum atomic E-state index is 0.00708. The van der Waals surface area contributed by atoms with Crippen LogP contribution in [0.25, 0.3) is 10.4 Å². The molecule has 0 amide bonds. The molecule has 3 nitrogen and oxygen atoms in total. The molecule has 66 valence electrons. The van der Waals surface area contributed by atoms with Crippen molar-refractivity contribution in [3.8, 4) is 6.07 Å². The molecule has 14 heavy (non-hydrogen) atoms. The van der Waals surface area contributed by atoms with Gasteiger partial charge in [0, 0.05) is 17.4 Å². The molecule has 1 aliphatic carbocycles. The van der Waals surface area contributed by atoms with Gasteiger partial charge in [0.25, 0.3) is 5.70 Å².